The summed E-state index contributed by atoms with van der Waals surface area (Å²) in [6, 6.07) is 14.7. The monoisotopic (exact) mass is 487 g/mol. The molecule has 4 aliphatic rings. The summed E-state index contributed by atoms with van der Waals surface area (Å²) in [7, 11) is 0. The fourth-order valence-electron chi connectivity index (χ4n) is 6.79. The van der Waals surface area contributed by atoms with Crippen LogP contribution in [0.4, 0.5) is 0 Å². The molecule has 30 heavy (non-hydrogen) atoms. The Morgan fingerprint density at radius 2 is 1.70 bits per heavy atom. The molecule has 4 saturated carbocycles. The first-order chi connectivity index (χ1) is 14.5. The molecule has 2 aromatic carbocycles. The molecular formula is C26H31BrClNO. The van der Waals surface area contributed by atoms with Crippen LogP contribution in [-0.2, 0) is 13.2 Å². The molecule has 160 valence electrons. The standard InChI is InChI=1S/C26H31BrClNO/c1-17(26-12-18-8-19(13-26)10-20(9-18)14-26)29-15-22-11-23(27)6-7-25(22)30-16-21-4-2-3-5-24(21)28/h2-7,11,17-20,29H,8-10,12-16H2,1H3. The average Bonchev–Trinajstić information content (AvgIpc) is 2.71. The molecule has 1 N–H and O–H groups in total. The number of hydrogen-bond acceptors (Lipinski definition) is 2. The lowest BCUT2D eigenvalue weighted by Gasteiger charge is -2.59. The van der Waals surface area contributed by atoms with Gasteiger partial charge in [0.1, 0.15) is 12.4 Å². The summed E-state index contributed by atoms with van der Waals surface area (Å²) < 4.78 is 7.29. The minimum absolute atomic E-state index is 0.485. The van der Waals surface area contributed by atoms with Gasteiger partial charge in [0.2, 0.25) is 0 Å². The second kappa shape index (κ2) is 8.48. The lowest BCUT2D eigenvalue weighted by molar-refractivity contribution is -0.0706. The van der Waals surface area contributed by atoms with Crippen LogP contribution in [-0.4, -0.2) is 6.04 Å². The second-order valence-corrected chi connectivity index (χ2v) is 11.3. The first-order valence-electron chi connectivity index (χ1n) is 11.4. The van der Waals surface area contributed by atoms with E-state index in [0.29, 0.717) is 18.1 Å². The Labute approximate surface area is 193 Å². The topological polar surface area (TPSA) is 21.3 Å². The van der Waals surface area contributed by atoms with E-state index in [1.165, 1.54) is 44.1 Å². The minimum Gasteiger partial charge on any atom is -0.489 e. The number of halogens is 2. The van der Waals surface area contributed by atoms with Gasteiger partial charge in [0.25, 0.3) is 0 Å². The van der Waals surface area contributed by atoms with Gasteiger partial charge >= 0.3 is 0 Å². The number of nitrogens with one attached hydrogen (secondary N) is 1. The fraction of sp³-hybridized carbons (Fsp3) is 0.538. The first kappa shape index (κ1) is 20.8. The number of benzene rings is 2. The molecule has 4 aliphatic carbocycles. The normalized spacial score (nSPS) is 30.4. The maximum Gasteiger partial charge on any atom is 0.124 e. The molecule has 6 rings (SSSR count). The molecule has 0 spiro atoms. The average molecular weight is 489 g/mol. The van der Waals surface area contributed by atoms with Crippen molar-refractivity contribution < 1.29 is 4.74 Å². The Morgan fingerprint density at radius 1 is 1.03 bits per heavy atom. The van der Waals surface area contributed by atoms with Gasteiger partial charge in [0.15, 0.2) is 0 Å². The summed E-state index contributed by atoms with van der Waals surface area (Å²) in [5, 5.41) is 4.66. The second-order valence-electron chi connectivity index (χ2n) is 10.0. The van der Waals surface area contributed by atoms with Gasteiger partial charge in [0, 0.05) is 33.2 Å². The first-order valence-corrected chi connectivity index (χ1v) is 12.6. The molecule has 0 amide bonds. The Balaban J connectivity index is 1.27. The van der Waals surface area contributed by atoms with E-state index in [0.717, 1.165) is 45.1 Å². The van der Waals surface area contributed by atoms with Crippen molar-refractivity contribution in [3.63, 3.8) is 0 Å². The van der Waals surface area contributed by atoms with Crippen LogP contribution in [0.5, 0.6) is 5.75 Å². The van der Waals surface area contributed by atoms with Gasteiger partial charge in [0.05, 0.1) is 0 Å². The van der Waals surface area contributed by atoms with Crippen LogP contribution < -0.4 is 10.1 Å². The third-order valence-electron chi connectivity index (χ3n) is 7.97. The lowest BCUT2D eigenvalue weighted by Crippen LogP contribution is -2.54. The molecule has 0 saturated heterocycles. The smallest absolute Gasteiger partial charge is 0.124 e. The highest BCUT2D eigenvalue weighted by Crippen LogP contribution is 2.61. The number of rotatable bonds is 7. The Bertz CT molecular complexity index is 878. The molecule has 0 aliphatic heterocycles. The van der Waals surface area contributed by atoms with Gasteiger partial charge in [-0.05, 0) is 92.9 Å². The van der Waals surface area contributed by atoms with E-state index in [2.05, 4.69) is 40.3 Å². The van der Waals surface area contributed by atoms with Gasteiger partial charge in [-0.2, -0.15) is 0 Å². The quantitative estimate of drug-likeness (QED) is 0.439. The summed E-state index contributed by atoms with van der Waals surface area (Å²) in [5.74, 6) is 3.89. The third kappa shape index (κ3) is 4.18. The van der Waals surface area contributed by atoms with Gasteiger partial charge in [-0.1, -0.05) is 45.7 Å². The molecule has 0 radical (unpaired) electrons. The van der Waals surface area contributed by atoms with E-state index in [9.17, 15) is 0 Å². The maximum atomic E-state index is 6.31. The van der Waals surface area contributed by atoms with Crippen LogP contribution in [0.2, 0.25) is 5.02 Å². The number of ether oxygens (including phenoxy) is 1. The zero-order chi connectivity index (χ0) is 20.7. The maximum absolute atomic E-state index is 6.31. The molecule has 2 nitrogen and oxygen atoms in total. The SMILES string of the molecule is CC(NCc1cc(Br)ccc1OCc1ccccc1Cl)C12CC3CC(CC(C3)C1)C2. The molecule has 4 heteroatoms. The van der Waals surface area contributed by atoms with E-state index in [-0.39, 0.29) is 0 Å². The number of hydrogen-bond donors (Lipinski definition) is 1. The molecule has 4 bridgehead atoms. The highest BCUT2D eigenvalue weighted by atomic mass is 79.9. The van der Waals surface area contributed by atoms with E-state index in [4.69, 9.17) is 16.3 Å². The van der Waals surface area contributed by atoms with Gasteiger partial charge in [-0.15, -0.1) is 0 Å². The predicted molar refractivity (Wildman–Crippen MR) is 127 cm³/mol. The minimum atomic E-state index is 0.485. The molecule has 0 heterocycles. The van der Waals surface area contributed by atoms with Crippen molar-refractivity contribution in [2.45, 2.75) is 64.6 Å². The van der Waals surface area contributed by atoms with Gasteiger partial charge < -0.3 is 10.1 Å². The van der Waals surface area contributed by atoms with Crippen molar-refractivity contribution in [3.05, 3.63) is 63.1 Å². The molecule has 1 unspecified atom stereocenters. The van der Waals surface area contributed by atoms with Crippen LogP contribution in [0.15, 0.2) is 46.9 Å². The van der Waals surface area contributed by atoms with Crippen LogP contribution in [0.1, 0.15) is 56.6 Å². The molecule has 0 aromatic heterocycles. The Morgan fingerprint density at radius 3 is 2.37 bits per heavy atom. The van der Waals surface area contributed by atoms with Crippen molar-refractivity contribution in [3.8, 4) is 5.75 Å². The molecule has 4 fully saturated rings. The predicted octanol–water partition coefficient (Wildman–Crippen LogP) is 7.38. The van der Waals surface area contributed by atoms with Crippen LogP contribution in [0.3, 0.4) is 0 Å². The zero-order valence-corrected chi connectivity index (χ0v) is 20.0. The Kier molecular flexibility index (Phi) is 5.90. The van der Waals surface area contributed by atoms with Crippen molar-refractivity contribution in [1.29, 1.82) is 0 Å². The zero-order valence-electron chi connectivity index (χ0n) is 17.7. The van der Waals surface area contributed by atoms with Crippen molar-refractivity contribution in [1.82, 2.24) is 5.32 Å². The van der Waals surface area contributed by atoms with E-state index in [1.54, 1.807) is 0 Å². The summed E-state index contributed by atoms with van der Waals surface area (Å²) in [5.41, 5.74) is 2.73. The van der Waals surface area contributed by atoms with Crippen LogP contribution in [0, 0.1) is 23.2 Å². The van der Waals surface area contributed by atoms with E-state index in [1.807, 2.05) is 30.3 Å². The van der Waals surface area contributed by atoms with Gasteiger partial charge in [-0.3, -0.25) is 0 Å². The third-order valence-corrected chi connectivity index (χ3v) is 8.83. The van der Waals surface area contributed by atoms with Crippen molar-refractivity contribution >= 4 is 27.5 Å². The molecular weight excluding hydrogens is 458 g/mol. The summed E-state index contributed by atoms with van der Waals surface area (Å²) in [6.07, 6.45) is 8.79. The summed E-state index contributed by atoms with van der Waals surface area (Å²) >= 11 is 9.95. The van der Waals surface area contributed by atoms with Crippen LogP contribution in [0.25, 0.3) is 0 Å². The van der Waals surface area contributed by atoms with E-state index >= 15 is 0 Å². The van der Waals surface area contributed by atoms with Crippen molar-refractivity contribution in [2.75, 3.05) is 0 Å². The lowest BCUT2D eigenvalue weighted by atomic mass is 9.48. The highest BCUT2D eigenvalue weighted by molar-refractivity contribution is 9.10. The molecule has 1 atom stereocenters. The molecule has 2 aromatic rings. The van der Waals surface area contributed by atoms with Crippen molar-refractivity contribution in [2.24, 2.45) is 23.2 Å². The van der Waals surface area contributed by atoms with E-state index < -0.39 is 0 Å². The summed E-state index contributed by atoms with van der Waals surface area (Å²) in [4.78, 5) is 0. The largest absolute Gasteiger partial charge is 0.489 e. The summed E-state index contributed by atoms with van der Waals surface area (Å²) in [6.45, 7) is 3.74. The fourth-order valence-corrected chi connectivity index (χ4v) is 7.38. The highest BCUT2D eigenvalue weighted by Gasteiger charge is 2.52. The van der Waals surface area contributed by atoms with Crippen LogP contribution >= 0.6 is 27.5 Å². The Hall–Kier alpha value is -1.03. The van der Waals surface area contributed by atoms with Gasteiger partial charge in [-0.25, -0.2) is 0 Å².